The lowest BCUT2D eigenvalue weighted by Crippen LogP contribution is -2.38. The number of anilines is 1. The van der Waals surface area contributed by atoms with Gasteiger partial charge in [-0.1, -0.05) is 11.6 Å². The maximum Gasteiger partial charge on any atom is 0.258 e. The molecule has 2 aliphatic rings. The van der Waals surface area contributed by atoms with Crippen molar-refractivity contribution in [2.45, 2.75) is 44.9 Å². The van der Waals surface area contributed by atoms with E-state index in [0.29, 0.717) is 17.1 Å². The Hall–Kier alpha value is -1.95. The van der Waals surface area contributed by atoms with E-state index in [2.05, 4.69) is 9.88 Å². The second kappa shape index (κ2) is 7.58. The van der Waals surface area contributed by atoms with Crippen molar-refractivity contribution in [3.8, 4) is 0 Å². The highest BCUT2D eigenvalue weighted by Gasteiger charge is 2.29. The van der Waals surface area contributed by atoms with Crippen LogP contribution in [-0.4, -0.2) is 46.1 Å². The first-order valence-corrected chi connectivity index (χ1v) is 9.87. The first-order valence-electron chi connectivity index (χ1n) is 9.49. The smallest absolute Gasteiger partial charge is 0.258 e. The van der Waals surface area contributed by atoms with Crippen molar-refractivity contribution < 1.29 is 9.90 Å². The molecule has 2 unspecified atom stereocenters. The summed E-state index contributed by atoms with van der Waals surface area (Å²) in [5, 5.41) is 10.7. The molecule has 0 aliphatic carbocycles. The van der Waals surface area contributed by atoms with E-state index in [9.17, 15) is 9.90 Å². The lowest BCUT2D eigenvalue weighted by Gasteiger charge is -2.30. The van der Waals surface area contributed by atoms with Crippen molar-refractivity contribution in [1.29, 1.82) is 0 Å². The zero-order chi connectivity index (χ0) is 19.0. The van der Waals surface area contributed by atoms with Crippen LogP contribution >= 0.6 is 11.6 Å². The molecule has 6 heteroatoms. The molecule has 1 aromatic heterocycles. The van der Waals surface area contributed by atoms with E-state index in [1.807, 2.05) is 25.3 Å². The maximum absolute atomic E-state index is 12.9. The number of aromatic nitrogens is 1. The van der Waals surface area contributed by atoms with Crippen molar-refractivity contribution in [2.75, 3.05) is 18.0 Å². The quantitative estimate of drug-likeness (QED) is 0.877. The molecule has 1 fully saturated rings. The van der Waals surface area contributed by atoms with Gasteiger partial charge in [-0.15, -0.1) is 0 Å². The Kier molecular flexibility index (Phi) is 5.17. The van der Waals surface area contributed by atoms with Crippen molar-refractivity contribution in [2.24, 2.45) is 0 Å². The molecule has 1 N–H and O–H groups in total. The Labute approximate surface area is 164 Å². The fraction of sp³-hybridized carbons (Fsp3) is 0.429. The Bertz CT molecular complexity index is 855. The number of aliphatic hydroxyl groups excluding tert-OH is 1. The molecule has 0 saturated carbocycles. The minimum absolute atomic E-state index is 0.00473. The number of halogens is 1. The van der Waals surface area contributed by atoms with Gasteiger partial charge in [-0.2, -0.15) is 0 Å². The number of aliphatic hydroxyl groups is 1. The predicted molar refractivity (Wildman–Crippen MR) is 106 cm³/mol. The van der Waals surface area contributed by atoms with Gasteiger partial charge < -0.3 is 10.0 Å². The van der Waals surface area contributed by atoms with Crippen LogP contribution in [0.15, 0.2) is 36.7 Å². The molecular weight excluding hydrogens is 362 g/mol. The molecule has 0 bridgehead atoms. The van der Waals surface area contributed by atoms with E-state index in [1.165, 1.54) is 0 Å². The number of rotatable bonds is 4. The summed E-state index contributed by atoms with van der Waals surface area (Å²) in [6.07, 6.45) is 6.17. The highest BCUT2D eigenvalue weighted by molar-refractivity contribution is 6.30. The van der Waals surface area contributed by atoms with E-state index in [4.69, 9.17) is 11.6 Å². The van der Waals surface area contributed by atoms with Crippen LogP contribution in [0.1, 0.15) is 41.3 Å². The van der Waals surface area contributed by atoms with Crippen molar-refractivity contribution >= 4 is 23.2 Å². The number of amides is 1. The summed E-state index contributed by atoms with van der Waals surface area (Å²) < 4.78 is 0. The monoisotopic (exact) mass is 385 g/mol. The Morgan fingerprint density at radius 1 is 1.30 bits per heavy atom. The highest BCUT2D eigenvalue weighted by Crippen LogP contribution is 2.28. The third kappa shape index (κ3) is 3.72. The summed E-state index contributed by atoms with van der Waals surface area (Å²) in [4.78, 5) is 21.4. The van der Waals surface area contributed by atoms with E-state index in [0.717, 1.165) is 49.2 Å². The summed E-state index contributed by atoms with van der Waals surface area (Å²) in [6, 6.07) is 7.69. The van der Waals surface area contributed by atoms with Crippen LogP contribution in [0, 0.1) is 0 Å². The van der Waals surface area contributed by atoms with Gasteiger partial charge in [-0.25, -0.2) is 0 Å². The number of nitrogens with zero attached hydrogens (tertiary/aromatic N) is 3. The molecular formula is C21H24ClN3O2. The minimum atomic E-state index is -0.337. The van der Waals surface area contributed by atoms with E-state index in [1.54, 1.807) is 23.2 Å². The van der Waals surface area contributed by atoms with Crippen molar-refractivity contribution in [1.82, 2.24) is 9.88 Å². The summed E-state index contributed by atoms with van der Waals surface area (Å²) in [5.74, 6) is -0.00473. The van der Waals surface area contributed by atoms with E-state index in [-0.39, 0.29) is 18.1 Å². The number of fused-ring (bicyclic) bond motifs is 1. The standard InChI is InChI=1S/C21H24ClN3O2/c1-14(26)20-3-2-7-24(20)13-15-9-18(12-23-11-15)25-8-6-16-10-17(22)4-5-19(16)21(25)27/h4-5,9-12,14,20,26H,2-3,6-8,13H2,1H3. The Balaban J connectivity index is 1.54. The summed E-state index contributed by atoms with van der Waals surface area (Å²) in [7, 11) is 0. The highest BCUT2D eigenvalue weighted by atomic mass is 35.5. The molecule has 0 spiro atoms. The van der Waals surface area contributed by atoms with Gasteiger partial charge in [0.1, 0.15) is 0 Å². The second-order valence-electron chi connectivity index (χ2n) is 7.48. The number of pyridine rings is 1. The van der Waals surface area contributed by atoms with E-state index < -0.39 is 0 Å². The molecule has 4 rings (SSSR count). The second-order valence-corrected chi connectivity index (χ2v) is 7.92. The predicted octanol–water partition coefficient (Wildman–Crippen LogP) is 3.28. The summed E-state index contributed by atoms with van der Waals surface area (Å²) in [6.45, 7) is 4.20. The maximum atomic E-state index is 12.9. The number of benzene rings is 1. The Morgan fingerprint density at radius 2 is 2.15 bits per heavy atom. The molecule has 2 aliphatic heterocycles. The van der Waals surface area contributed by atoms with E-state index >= 15 is 0 Å². The van der Waals surface area contributed by atoms with Gasteiger partial charge in [-0.05, 0) is 68.1 Å². The van der Waals surface area contributed by atoms with Gasteiger partial charge >= 0.3 is 0 Å². The average Bonchev–Trinajstić information content (AvgIpc) is 3.10. The molecule has 3 heterocycles. The van der Waals surface area contributed by atoms with Crippen LogP contribution in [0.25, 0.3) is 0 Å². The van der Waals surface area contributed by atoms with Gasteiger partial charge in [0.15, 0.2) is 0 Å². The number of likely N-dealkylation sites (tertiary alicyclic amines) is 1. The topological polar surface area (TPSA) is 56.7 Å². The van der Waals surface area contributed by atoms with Gasteiger partial charge in [0.05, 0.1) is 18.0 Å². The fourth-order valence-corrected chi connectivity index (χ4v) is 4.43. The zero-order valence-electron chi connectivity index (χ0n) is 15.4. The van der Waals surface area contributed by atoms with Crippen LogP contribution in [0.5, 0.6) is 0 Å². The van der Waals surface area contributed by atoms with Crippen molar-refractivity contribution in [3.63, 3.8) is 0 Å². The Morgan fingerprint density at radius 3 is 2.96 bits per heavy atom. The molecule has 1 saturated heterocycles. The lowest BCUT2D eigenvalue weighted by atomic mass is 9.98. The molecule has 1 aromatic carbocycles. The third-order valence-electron chi connectivity index (χ3n) is 5.60. The molecule has 0 radical (unpaired) electrons. The third-order valence-corrected chi connectivity index (χ3v) is 5.83. The fourth-order valence-electron chi connectivity index (χ4n) is 4.24. The molecule has 142 valence electrons. The lowest BCUT2D eigenvalue weighted by molar-refractivity contribution is 0.0827. The van der Waals surface area contributed by atoms with Gasteiger partial charge in [-0.3, -0.25) is 14.7 Å². The molecule has 2 atom stereocenters. The minimum Gasteiger partial charge on any atom is -0.392 e. The summed E-state index contributed by atoms with van der Waals surface area (Å²) >= 11 is 6.06. The molecule has 27 heavy (non-hydrogen) atoms. The van der Waals surface area contributed by atoms with Crippen molar-refractivity contribution in [3.05, 3.63) is 58.4 Å². The first-order chi connectivity index (χ1) is 13.0. The zero-order valence-corrected chi connectivity index (χ0v) is 16.2. The van der Waals surface area contributed by atoms with Crippen LogP contribution in [0.3, 0.4) is 0 Å². The van der Waals surface area contributed by atoms with Crippen LogP contribution in [0.4, 0.5) is 5.69 Å². The van der Waals surface area contributed by atoms with Crippen LogP contribution < -0.4 is 4.90 Å². The molecule has 1 amide bonds. The number of carbonyl (C=O) groups excluding carboxylic acids is 1. The normalized spacial score (nSPS) is 21.4. The average molecular weight is 386 g/mol. The van der Waals surface area contributed by atoms with Gasteiger partial charge in [0.2, 0.25) is 0 Å². The van der Waals surface area contributed by atoms with Gasteiger partial charge in [0.25, 0.3) is 5.91 Å². The molecule has 2 aromatic rings. The van der Waals surface area contributed by atoms with Crippen LogP contribution in [0.2, 0.25) is 5.02 Å². The SMILES string of the molecule is CC(O)C1CCCN1Cc1cncc(N2CCc3cc(Cl)ccc3C2=O)c1. The number of carbonyl (C=O) groups is 1. The largest absolute Gasteiger partial charge is 0.392 e. The van der Waals surface area contributed by atoms with Gasteiger partial charge in [0, 0.05) is 35.9 Å². The first kappa shape index (κ1) is 18.4. The number of hydrogen-bond acceptors (Lipinski definition) is 4. The summed E-state index contributed by atoms with van der Waals surface area (Å²) in [5.41, 5.74) is 3.61. The molecule has 5 nitrogen and oxygen atoms in total. The number of hydrogen-bond donors (Lipinski definition) is 1. The van der Waals surface area contributed by atoms with Crippen LogP contribution in [-0.2, 0) is 13.0 Å².